The van der Waals surface area contributed by atoms with Crippen LogP contribution in [0.4, 0.5) is 4.39 Å². The van der Waals surface area contributed by atoms with Crippen LogP contribution in [0, 0.1) is 11.7 Å². The van der Waals surface area contributed by atoms with E-state index in [0.717, 1.165) is 57.4 Å². The van der Waals surface area contributed by atoms with Crippen molar-refractivity contribution in [3.63, 3.8) is 0 Å². The summed E-state index contributed by atoms with van der Waals surface area (Å²) >= 11 is 0. The van der Waals surface area contributed by atoms with E-state index in [0.29, 0.717) is 12.3 Å². The summed E-state index contributed by atoms with van der Waals surface area (Å²) in [5.41, 5.74) is 6.87. The van der Waals surface area contributed by atoms with Gasteiger partial charge in [0.05, 0.1) is 7.11 Å². The molecule has 2 aliphatic rings. The van der Waals surface area contributed by atoms with Crippen LogP contribution in [0.2, 0.25) is 0 Å². The zero-order valence-electron chi connectivity index (χ0n) is 14.9. The molecule has 138 valence electrons. The third-order valence-corrected chi connectivity index (χ3v) is 5.38. The lowest BCUT2D eigenvalue weighted by atomic mass is 9.85. The number of carbonyl (C=O) groups excluding carboxylic acids is 1. The van der Waals surface area contributed by atoms with Crippen LogP contribution >= 0.6 is 0 Å². The standard InChI is InChI=1S/C19H28FN3O2/c1-25-18-6-5-16(20)11-15(18)13-22-7-9-23(10-8-22)19(24)14-3-2-4-17(21)12-14/h5-6,11,14,17H,2-4,7-10,12-13,21H2,1H3. The van der Waals surface area contributed by atoms with E-state index in [2.05, 4.69) is 4.90 Å². The molecule has 1 heterocycles. The monoisotopic (exact) mass is 349 g/mol. The molecular weight excluding hydrogens is 321 g/mol. The predicted molar refractivity (Wildman–Crippen MR) is 94.7 cm³/mol. The van der Waals surface area contributed by atoms with Gasteiger partial charge < -0.3 is 15.4 Å². The molecule has 5 nitrogen and oxygen atoms in total. The smallest absolute Gasteiger partial charge is 0.225 e. The zero-order valence-corrected chi connectivity index (χ0v) is 14.9. The number of nitrogens with zero attached hydrogens (tertiary/aromatic N) is 2. The molecule has 1 aromatic rings. The average molecular weight is 349 g/mol. The number of carbonyl (C=O) groups is 1. The first kappa shape index (κ1) is 18.1. The van der Waals surface area contributed by atoms with E-state index in [1.807, 2.05) is 4.90 Å². The molecule has 1 amide bonds. The molecule has 2 N–H and O–H groups in total. The highest BCUT2D eigenvalue weighted by Crippen LogP contribution is 2.26. The Hall–Kier alpha value is -1.66. The SMILES string of the molecule is COc1ccc(F)cc1CN1CCN(C(=O)C2CCCC(N)C2)CC1. The molecule has 6 heteroatoms. The van der Waals surface area contributed by atoms with Gasteiger partial charge in [0.1, 0.15) is 11.6 Å². The van der Waals surface area contributed by atoms with Crippen molar-refractivity contribution in [2.24, 2.45) is 11.7 Å². The lowest BCUT2D eigenvalue weighted by Crippen LogP contribution is -2.51. The Morgan fingerprint density at radius 1 is 1.28 bits per heavy atom. The molecular formula is C19H28FN3O2. The Bertz CT molecular complexity index is 602. The van der Waals surface area contributed by atoms with Crippen LogP contribution in [0.25, 0.3) is 0 Å². The summed E-state index contributed by atoms with van der Waals surface area (Å²) in [4.78, 5) is 16.9. The summed E-state index contributed by atoms with van der Waals surface area (Å²) in [6.45, 7) is 3.68. The summed E-state index contributed by atoms with van der Waals surface area (Å²) in [5, 5.41) is 0. The van der Waals surface area contributed by atoms with Crippen LogP contribution in [-0.2, 0) is 11.3 Å². The Kier molecular flexibility index (Phi) is 5.91. The van der Waals surface area contributed by atoms with Gasteiger partial charge >= 0.3 is 0 Å². The number of amides is 1. The summed E-state index contributed by atoms with van der Waals surface area (Å²) in [6, 6.07) is 4.77. The van der Waals surface area contributed by atoms with Crippen molar-refractivity contribution in [1.29, 1.82) is 0 Å². The third kappa shape index (κ3) is 4.50. The fraction of sp³-hybridized carbons (Fsp3) is 0.632. The molecule has 1 saturated carbocycles. The molecule has 1 aliphatic carbocycles. The van der Waals surface area contributed by atoms with E-state index < -0.39 is 0 Å². The molecule has 0 aromatic heterocycles. The molecule has 0 bridgehead atoms. The highest BCUT2D eigenvalue weighted by molar-refractivity contribution is 5.79. The molecule has 2 atom stereocenters. The van der Waals surface area contributed by atoms with Gasteiger partial charge in [-0.25, -0.2) is 4.39 Å². The van der Waals surface area contributed by atoms with E-state index in [-0.39, 0.29) is 23.7 Å². The number of halogens is 1. The van der Waals surface area contributed by atoms with Gasteiger partial charge in [-0.05, 0) is 37.5 Å². The van der Waals surface area contributed by atoms with Crippen molar-refractivity contribution in [3.8, 4) is 5.75 Å². The van der Waals surface area contributed by atoms with Crippen molar-refractivity contribution >= 4 is 5.91 Å². The van der Waals surface area contributed by atoms with Gasteiger partial charge in [0.15, 0.2) is 0 Å². The minimum Gasteiger partial charge on any atom is -0.496 e. The summed E-state index contributed by atoms with van der Waals surface area (Å²) in [7, 11) is 1.60. The van der Waals surface area contributed by atoms with Gasteiger partial charge in [0.25, 0.3) is 0 Å². The molecule has 2 unspecified atom stereocenters. The van der Waals surface area contributed by atoms with E-state index >= 15 is 0 Å². The van der Waals surface area contributed by atoms with Crippen LogP contribution < -0.4 is 10.5 Å². The van der Waals surface area contributed by atoms with Crippen molar-refractivity contribution in [1.82, 2.24) is 9.80 Å². The molecule has 1 aromatic carbocycles. The number of hydrogen-bond donors (Lipinski definition) is 1. The highest BCUT2D eigenvalue weighted by atomic mass is 19.1. The summed E-state index contributed by atoms with van der Waals surface area (Å²) in [6.07, 6.45) is 3.87. The predicted octanol–water partition coefficient (Wildman–Crippen LogP) is 2.00. The zero-order chi connectivity index (χ0) is 17.8. The highest BCUT2D eigenvalue weighted by Gasteiger charge is 2.30. The molecule has 25 heavy (non-hydrogen) atoms. The van der Waals surface area contributed by atoms with Gasteiger partial charge in [-0.1, -0.05) is 6.42 Å². The van der Waals surface area contributed by atoms with Crippen LogP contribution in [0.5, 0.6) is 5.75 Å². The number of hydrogen-bond acceptors (Lipinski definition) is 4. The quantitative estimate of drug-likeness (QED) is 0.903. The molecule has 0 spiro atoms. The van der Waals surface area contributed by atoms with Crippen LogP contribution in [0.1, 0.15) is 31.2 Å². The second-order valence-electron chi connectivity index (χ2n) is 7.18. The Labute approximate surface area is 148 Å². The summed E-state index contributed by atoms with van der Waals surface area (Å²) < 4.78 is 18.8. The molecule has 2 fully saturated rings. The van der Waals surface area contributed by atoms with E-state index in [1.54, 1.807) is 13.2 Å². The van der Waals surface area contributed by atoms with Crippen molar-refractivity contribution in [2.45, 2.75) is 38.3 Å². The topological polar surface area (TPSA) is 58.8 Å². The number of piperazine rings is 1. The first-order valence-corrected chi connectivity index (χ1v) is 9.16. The number of benzene rings is 1. The van der Waals surface area contributed by atoms with Gasteiger partial charge in [-0.2, -0.15) is 0 Å². The minimum atomic E-state index is -0.252. The average Bonchev–Trinajstić information content (AvgIpc) is 2.62. The third-order valence-electron chi connectivity index (χ3n) is 5.38. The Morgan fingerprint density at radius 2 is 2.04 bits per heavy atom. The first-order valence-electron chi connectivity index (χ1n) is 9.16. The lowest BCUT2D eigenvalue weighted by molar-refractivity contribution is -0.138. The van der Waals surface area contributed by atoms with Gasteiger partial charge in [-0.3, -0.25) is 9.69 Å². The molecule has 1 aliphatic heterocycles. The lowest BCUT2D eigenvalue weighted by Gasteiger charge is -2.38. The van der Waals surface area contributed by atoms with Gasteiger partial charge in [-0.15, -0.1) is 0 Å². The van der Waals surface area contributed by atoms with Crippen molar-refractivity contribution in [3.05, 3.63) is 29.6 Å². The molecule has 0 radical (unpaired) electrons. The van der Waals surface area contributed by atoms with E-state index in [1.165, 1.54) is 12.1 Å². The first-order chi connectivity index (χ1) is 12.1. The van der Waals surface area contributed by atoms with E-state index in [4.69, 9.17) is 10.5 Å². The fourth-order valence-corrected chi connectivity index (χ4v) is 3.95. The van der Waals surface area contributed by atoms with Crippen molar-refractivity contribution < 1.29 is 13.9 Å². The van der Waals surface area contributed by atoms with Gasteiger partial charge in [0, 0.05) is 50.2 Å². The minimum absolute atomic E-state index is 0.0959. The Balaban J connectivity index is 1.53. The maximum Gasteiger partial charge on any atom is 0.225 e. The van der Waals surface area contributed by atoms with Crippen molar-refractivity contribution in [2.75, 3.05) is 33.3 Å². The second-order valence-corrected chi connectivity index (χ2v) is 7.18. The number of rotatable bonds is 4. The van der Waals surface area contributed by atoms with Crippen LogP contribution in [-0.4, -0.2) is 55.0 Å². The van der Waals surface area contributed by atoms with Crippen LogP contribution in [0.15, 0.2) is 18.2 Å². The maximum atomic E-state index is 13.5. The molecule has 1 saturated heterocycles. The fourth-order valence-electron chi connectivity index (χ4n) is 3.95. The number of nitrogens with two attached hydrogens (primary N) is 1. The second kappa shape index (κ2) is 8.15. The Morgan fingerprint density at radius 3 is 2.72 bits per heavy atom. The van der Waals surface area contributed by atoms with Crippen LogP contribution in [0.3, 0.4) is 0 Å². The largest absolute Gasteiger partial charge is 0.496 e. The normalized spacial score (nSPS) is 25.0. The van der Waals surface area contributed by atoms with Gasteiger partial charge in [0.2, 0.25) is 5.91 Å². The molecule has 3 rings (SSSR count). The number of ether oxygens (including phenoxy) is 1. The van der Waals surface area contributed by atoms with E-state index in [9.17, 15) is 9.18 Å². The summed E-state index contributed by atoms with van der Waals surface area (Å²) in [5.74, 6) is 0.811. The maximum absolute atomic E-state index is 13.5. The number of methoxy groups -OCH3 is 1.